The van der Waals surface area contributed by atoms with Crippen molar-refractivity contribution in [2.24, 2.45) is 5.92 Å². The van der Waals surface area contributed by atoms with E-state index in [1.807, 2.05) is 17.5 Å². The fourth-order valence-electron chi connectivity index (χ4n) is 2.47. The van der Waals surface area contributed by atoms with E-state index >= 15 is 0 Å². The molecule has 0 bridgehead atoms. The maximum Gasteiger partial charge on any atom is 0.273 e. The van der Waals surface area contributed by atoms with Crippen LogP contribution in [0.5, 0.6) is 0 Å². The summed E-state index contributed by atoms with van der Waals surface area (Å²) in [5, 5.41) is 16.4. The molecule has 22 heavy (non-hydrogen) atoms. The molecule has 3 rings (SSSR count). The Labute approximate surface area is 139 Å². The third kappa shape index (κ3) is 4.06. The van der Waals surface area contributed by atoms with Gasteiger partial charge >= 0.3 is 0 Å². The largest absolute Gasteiger partial charge is 0.346 e. The van der Waals surface area contributed by atoms with E-state index < -0.39 is 0 Å². The number of carbonyl (C=O) groups is 1. The van der Waals surface area contributed by atoms with E-state index in [0.717, 1.165) is 19.5 Å². The van der Waals surface area contributed by atoms with Crippen molar-refractivity contribution < 1.29 is 4.79 Å². The molecule has 0 radical (unpaired) electrons. The molecular weight excluding hydrogens is 322 g/mol. The van der Waals surface area contributed by atoms with Gasteiger partial charge in [0.05, 0.1) is 12.7 Å². The first-order valence-corrected chi connectivity index (χ1v) is 8.04. The molecule has 3 heterocycles. The summed E-state index contributed by atoms with van der Waals surface area (Å²) < 4.78 is 1.70. The van der Waals surface area contributed by atoms with Crippen LogP contribution in [0.25, 0.3) is 0 Å². The van der Waals surface area contributed by atoms with E-state index in [0.29, 0.717) is 18.2 Å². The van der Waals surface area contributed by atoms with Gasteiger partial charge in [0, 0.05) is 17.5 Å². The SMILES string of the molecule is CC1CCNCC1NC(=O)c1cn(Cc2cccs2)nn1.Cl. The highest BCUT2D eigenvalue weighted by Gasteiger charge is 2.24. The fourth-order valence-corrected chi connectivity index (χ4v) is 3.16. The lowest BCUT2D eigenvalue weighted by Gasteiger charge is -2.29. The number of rotatable bonds is 4. The van der Waals surface area contributed by atoms with Crippen LogP contribution >= 0.6 is 23.7 Å². The number of halogens is 1. The molecule has 2 aromatic rings. The first-order chi connectivity index (χ1) is 10.2. The number of nitrogens with one attached hydrogen (secondary N) is 2. The first-order valence-electron chi connectivity index (χ1n) is 7.16. The lowest BCUT2D eigenvalue weighted by molar-refractivity contribution is 0.0910. The molecule has 1 fully saturated rings. The Morgan fingerprint density at radius 1 is 1.59 bits per heavy atom. The van der Waals surface area contributed by atoms with E-state index in [1.54, 1.807) is 22.2 Å². The fraction of sp³-hybridized carbons (Fsp3) is 0.500. The van der Waals surface area contributed by atoms with Gasteiger partial charge in [-0.15, -0.1) is 28.8 Å². The molecular formula is C14H20ClN5OS. The van der Waals surface area contributed by atoms with Gasteiger partial charge in [0.15, 0.2) is 5.69 Å². The lowest BCUT2D eigenvalue weighted by atomic mass is 9.95. The smallest absolute Gasteiger partial charge is 0.273 e. The molecule has 2 unspecified atom stereocenters. The highest BCUT2D eigenvalue weighted by Crippen LogP contribution is 2.12. The van der Waals surface area contributed by atoms with Crippen molar-refractivity contribution in [3.05, 3.63) is 34.3 Å². The Hall–Kier alpha value is -1.44. The molecule has 0 saturated carbocycles. The minimum atomic E-state index is -0.145. The van der Waals surface area contributed by atoms with Crippen LogP contribution in [-0.4, -0.2) is 40.0 Å². The Balaban J connectivity index is 0.00000176. The molecule has 120 valence electrons. The van der Waals surface area contributed by atoms with E-state index in [2.05, 4.69) is 27.9 Å². The van der Waals surface area contributed by atoms with Crippen LogP contribution in [0.3, 0.4) is 0 Å². The van der Waals surface area contributed by atoms with Gasteiger partial charge in [0.1, 0.15) is 0 Å². The van der Waals surface area contributed by atoms with Crippen LogP contribution in [0.1, 0.15) is 28.7 Å². The minimum Gasteiger partial charge on any atom is -0.346 e. The molecule has 2 atom stereocenters. The molecule has 0 aromatic carbocycles. The van der Waals surface area contributed by atoms with Crippen LogP contribution in [0.4, 0.5) is 0 Å². The standard InChI is InChI=1S/C14H19N5OS.ClH/c1-10-4-5-15-7-12(10)16-14(20)13-9-19(18-17-13)8-11-3-2-6-21-11;/h2-3,6,9-10,12,15H,4-5,7-8H2,1H3,(H,16,20);1H. The van der Waals surface area contributed by atoms with Crippen molar-refractivity contribution in [3.63, 3.8) is 0 Å². The predicted molar refractivity (Wildman–Crippen MR) is 88.6 cm³/mol. The summed E-state index contributed by atoms with van der Waals surface area (Å²) in [4.78, 5) is 13.4. The predicted octanol–water partition coefficient (Wildman–Crippen LogP) is 1.54. The summed E-state index contributed by atoms with van der Waals surface area (Å²) in [6.45, 7) is 4.65. The van der Waals surface area contributed by atoms with Gasteiger partial charge in [-0.3, -0.25) is 4.79 Å². The molecule has 1 aliphatic rings. The number of carbonyl (C=O) groups excluding carboxylic acids is 1. The number of thiophene rings is 1. The molecule has 0 spiro atoms. The molecule has 8 heteroatoms. The first kappa shape index (κ1) is 16.9. The van der Waals surface area contributed by atoms with Crippen molar-refractivity contribution in [2.75, 3.05) is 13.1 Å². The summed E-state index contributed by atoms with van der Waals surface area (Å²) in [7, 11) is 0. The van der Waals surface area contributed by atoms with E-state index in [1.165, 1.54) is 4.88 Å². The van der Waals surface area contributed by atoms with Gasteiger partial charge < -0.3 is 10.6 Å². The quantitative estimate of drug-likeness (QED) is 0.884. The number of hydrogen-bond donors (Lipinski definition) is 2. The molecule has 0 aliphatic carbocycles. The van der Waals surface area contributed by atoms with Crippen molar-refractivity contribution >= 4 is 29.7 Å². The third-order valence-electron chi connectivity index (χ3n) is 3.81. The Kier molecular flexibility index (Phi) is 5.93. The number of nitrogens with zero attached hydrogens (tertiary/aromatic N) is 3. The van der Waals surface area contributed by atoms with Crippen molar-refractivity contribution in [2.45, 2.75) is 25.9 Å². The molecule has 2 aromatic heterocycles. The van der Waals surface area contributed by atoms with Gasteiger partial charge in [-0.1, -0.05) is 18.2 Å². The Bertz CT molecular complexity index is 600. The normalized spacial score (nSPS) is 21.1. The van der Waals surface area contributed by atoms with Gasteiger partial charge in [-0.05, 0) is 30.3 Å². The van der Waals surface area contributed by atoms with Crippen molar-refractivity contribution in [1.29, 1.82) is 0 Å². The molecule has 2 N–H and O–H groups in total. The summed E-state index contributed by atoms with van der Waals surface area (Å²) in [6, 6.07) is 4.21. The zero-order chi connectivity index (χ0) is 14.7. The lowest BCUT2D eigenvalue weighted by Crippen LogP contribution is -2.50. The Morgan fingerprint density at radius 2 is 2.45 bits per heavy atom. The molecule has 1 saturated heterocycles. The van der Waals surface area contributed by atoms with Crippen molar-refractivity contribution in [1.82, 2.24) is 25.6 Å². The number of hydrogen-bond acceptors (Lipinski definition) is 5. The van der Waals surface area contributed by atoms with Gasteiger partial charge in [-0.2, -0.15) is 0 Å². The highest BCUT2D eigenvalue weighted by atomic mass is 35.5. The maximum atomic E-state index is 12.2. The van der Waals surface area contributed by atoms with Gasteiger partial charge in [0.25, 0.3) is 5.91 Å². The summed E-state index contributed by atoms with van der Waals surface area (Å²) >= 11 is 1.67. The monoisotopic (exact) mass is 341 g/mol. The second kappa shape index (κ2) is 7.71. The van der Waals surface area contributed by atoms with Crippen LogP contribution < -0.4 is 10.6 Å². The highest BCUT2D eigenvalue weighted by molar-refractivity contribution is 7.09. The second-order valence-electron chi connectivity index (χ2n) is 5.43. The minimum absolute atomic E-state index is 0. The molecule has 6 nitrogen and oxygen atoms in total. The summed E-state index contributed by atoms with van der Waals surface area (Å²) in [5.74, 6) is 0.337. The Morgan fingerprint density at radius 3 is 3.18 bits per heavy atom. The van der Waals surface area contributed by atoms with E-state index in [4.69, 9.17) is 0 Å². The zero-order valence-electron chi connectivity index (χ0n) is 12.4. The zero-order valence-corrected chi connectivity index (χ0v) is 14.0. The molecule has 1 aliphatic heterocycles. The topological polar surface area (TPSA) is 71.8 Å². The van der Waals surface area contributed by atoms with Crippen LogP contribution in [-0.2, 0) is 6.54 Å². The van der Waals surface area contributed by atoms with Crippen molar-refractivity contribution in [3.8, 4) is 0 Å². The average Bonchev–Trinajstić information content (AvgIpc) is 3.13. The second-order valence-corrected chi connectivity index (χ2v) is 6.46. The third-order valence-corrected chi connectivity index (χ3v) is 4.67. The van der Waals surface area contributed by atoms with Crippen LogP contribution in [0.2, 0.25) is 0 Å². The number of piperidine rings is 1. The van der Waals surface area contributed by atoms with E-state index in [9.17, 15) is 4.79 Å². The summed E-state index contributed by atoms with van der Waals surface area (Å²) in [6.07, 6.45) is 2.78. The average molecular weight is 342 g/mol. The maximum absolute atomic E-state index is 12.2. The van der Waals surface area contributed by atoms with E-state index in [-0.39, 0.29) is 24.4 Å². The number of aromatic nitrogens is 3. The van der Waals surface area contributed by atoms with Crippen LogP contribution in [0, 0.1) is 5.92 Å². The van der Waals surface area contributed by atoms with Gasteiger partial charge in [0.2, 0.25) is 0 Å². The summed E-state index contributed by atoms with van der Waals surface area (Å²) in [5.41, 5.74) is 0.379. The number of amides is 1. The van der Waals surface area contributed by atoms with Crippen LogP contribution in [0.15, 0.2) is 23.7 Å². The molecule has 1 amide bonds. The van der Waals surface area contributed by atoms with Gasteiger partial charge in [-0.25, -0.2) is 4.68 Å².